The van der Waals surface area contributed by atoms with Crippen molar-refractivity contribution in [3.05, 3.63) is 57.8 Å². The molecule has 9 heteroatoms. The summed E-state index contributed by atoms with van der Waals surface area (Å²) in [7, 11) is -3.45. The molecule has 0 spiro atoms. The minimum absolute atomic E-state index is 0.187. The molecule has 2 aromatic rings. The van der Waals surface area contributed by atoms with Gasteiger partial charge in [-0.1, -0.05) is 36.2 Å². The van der Waals surface area contributed by atoms with Crippen LogP contribution >= 0.6 is 23.2 Å². The minimum Gasteiger partial charge on any atom is -0.348 e. The number of sulfonamides is 1. The van der Waals surface area contributed by atoms with Gasteiger partial charge in [-0.05, 0) is 29.8 Å². The summed E-state index contributed by atoms with van der Waals surface area (Å²) in [5, 5.41) is 0.857. The van der Waals surface area contributed by atoms with Crippen LogP contribution in [0, 0.1) is 0 Å². The normalized spacial score (nSPS) is 17.2. The molecule has 6 nitrogen and oxygen atoms in total. The highest BCUT2D eigenvalue weighted by Gasteiger charge is 2.33. The number of halogens is 2. The lowest BCUT2D eigenvalue weighted by molar-refractivity contribution is -0.134. The van der Waals surface area contributed by atoms with E-state index in [1.54, 1.807) is 24.0 Å². The number of aromatic nitrogens is 1. The molecule has 1 aliphatic heterocycles. The number of carbonyl (C=O) groups is 1. The molecule has 27 heavy (non-hydrogen) atoms. The Kier molecular flexibility index (Phi) is 5.86. The Hall–Kier alpha value is -1.54. The highest BCUT2D eigenvalue weighted by atomic mass is 35.5. The van der Waals surface area contributed by atoms with E-state index in [4.69, 9.17) is 23.2 Å². The maximum absolute atomic E-state index is 13.0. The lowest BCUT2D eigenvalue weighted by atomic mass is 10.00. The first-order valence-corrected chi connectivity index (χ1v) is 11.2. The molecule has 0 N–H and O–H groups in total. The summed E-state index contributed by atoms with van der Waals surface area (Å²) in [6, 6.07) is 8.85. The molecule has 0 fully saturated rings. The molecular formula is C18H21Cl2N3O3S. The summed E-state index contributed by atoms with van der Waals surface area (Å²) in [6.07, 6.45) is 3.08. The zero-order valence-corrected chi connectivity index (χ0v) is 17.4. The van der Waals surface area contributed by atoms with E-state index in [2.05, 4.69) is 4.57 Å². The van der Waals surface area contributed by atoms with Crippen LogP contribution < -0.4 is 0 Å². The van der Waals surface area contributed by atoms with Crippen LogP contribution in [-0.4, -0.2) is 54.0 Å². The molecule has 1 aromatic heterocycles. The predicted molar refractivity (Wildman–Crippen MR) is 107 cm³/mol. The largest absolute Gasteiger partial charge is 0.348 e. The number of likely N-dealkylation sites (N-methyl/N-ethyl adjacent to an activating group) is 1. The van der Waals surface area contributed by atoms with Gasteiger partial charge in [0.1, 0.15) is 0 Å². The number of hydrogen-bond acceptors (Lipinski definition) is 3. The van der Waals surface area contributed by atoms with Crippen LogP contribution in [-0.2, 0) is 21.4 Å². The third-order valence-corrected chi connectivity index (χ3v) is 6.82. The summed E-state index contributed by atoms with van der Waals surface area (Å²) >= 11 is 12.2. The van der Waals surface area contributed by atoms with Crippen molar-refractivity contribution in [3.63, 3.8) is 0 Å². The molecule has 0 bridgehead atoms. The first-order valence-electron chi connectivity index (χ1n) is 8.57. The van der Waals surface area contributed by atoms with Gasteiger partial charge in [-0.15, -0.1) is 0 Å². The van der Waals surface area contributed by atoms with Gasteiger partial charge in [-0.25, -0.2) is 8.42 Å². The zero-order valence-electron chi connectivity index (χ0n) is 15.1. The fourth-order valence-corrected chi connectivity index (χ4v) is 4.51. The molecule has 0 aliphatic carbocycles. The van der Waals surface area contributed by atoms with Crippen LogP contribution in [0.5, 0.6) is 0 Å². The first-order chi connectivity index (χ1) is 12.7. The van der Waals surface area contributed by atoms with Crippen molar-refractivity contribution in [3.8, 4) is 0 Å². The number of nitrogens with zero attached hydrogens (tertiary/aromatic N) is 3. The van der Waals surface area contributed by atoms with Gasteiger partial charge in [0.05, 0.1) is 28.9 Å². The van der Waals surface area contributed by atoms with Gasteiger partial charge in [0.25, 0.3) is 0 Å². The molecule has 0 radical (unpaired) electrons. The Balaban J connectivity index is 1.98. The van der Waals surface area contributed by atoms with Crippen LogP contribution in [0.4, 0.5) is 0 Å². The molecule has 1 amide bonds. The summed E-state index contributed by atoms with van der Waals surface area (Å²) in [4.78, 5) is 14.7. The van der Waals surface area contributed by atoms with Gasteiger partial charge in [0, 0.05) is 31.5 Å². The fourth-order valence-electron chi connectivity index (χ4n) is 3.39. The van der Waals surface area contributed by atoms with E-state index >= 15 is 0 Å². The summed E-state index contributed by atoms with van der Waals surface area (Å²) < 4.78 is 27.0. The fraction of sp³-hybridized carbons (Fsp3) is 0.389. The Morgan fingerprint density at radius 2 is 1.96 bits per heavy atom. The van der Waals surface area contributed by atoms with Crippen LogP contribution in [0.2, 0.25) is 10.0 Å². The Labute approximate surface area is 169 Å². The second-order valence-electron chi connectivity index (χ2n) is 6.48. The van der Waals surface area contributed by atoms with E-state index in [0.717, 1.165) is 17.5 Å². The maximum Gasteiger partial charge on any atom is 0.238 e. The topological polar surface area (TPSA) is 62.6 Å². The number of fused-ring (bicyclic) bond motifs is 1. The number of carbonyl (C=O) groups excluding carboxylic acids is 1. The lowest BCUT2D eigenvalue weighted by Gasteiger charge is -2.38. The summed E-state index contributed by atoms with van der Waals surface area (Å²) in [5.41, 5.74) is 1.79. The Morgan fingerprint density at radius 3 is 2.59 bits per heavy atom. The molecule has 0 saturated carbocycles. The monoisotopic (exact) mass is 429 g/mol. The molecule has 1 aliphatic rings. The van der Waals surface area contributed by atoms with E-state index in [1.807, 2.05) is 24.4 Å². The quantitative estimate of drug-likeness (QED) is 0.733. The van der Waals surface area contributed by atoms with Crippen molar-refractivity contribution in [1.29, 1.82) is 0 Å². The second kappa shape index (κ2) is 7.83. The second-order valence-corrected chi connectivity index (χ2v) is 9.28. The summed E-state index contributed by atoms with van der Waals surface area (Å²) in [5.74, 6) is -0.245. The molecule has 0 saturated heterocycles. The third-order valence-electron chi connectivity index (χ3n) is 4.75. The van der Waals surface area contributed by atoms with Crippen molar-refractivity contribution in [2.45, 2.75) is 19.5 Å². The predicted octanol–water partition coefficient (Wildman–Crippen LogP) is 3.01. The number of rotatable bonds is 5. The van der Waals surface area contributed by atoms with E-state index in [1.165, 1.54) is 4.31 Å². The van der Waals surface area contributed by atoms with Crippen molar-refractivity contribution in [2.24, 2.45) is 0 Å². The van der Waals surface area contributed by atoms with Crippen molar-refractivity contribution in [2.75, 3.05) is 25.9 Å². The van der Waals surface area contributed by atoms with Crippen molar-refractivity contribution >= 4 is 39.1 Å². The smallest absolute Gasteiger partial charge is 0.238 e. The van der Waals surface area contributed by atoms with Gasteiger partial charge in [0.2, 0.25) is 15.9 Å². The Bertz CT molecular complexity index is 959. The molecule has 3 rings (SSSR count). The highest BCUT2D eigenvalue weighted by molar-refractivity contribution is 7.88. The molecule has 146 valence electrons. The van der Waals surface area contributed by atoms with Crippen LogP contribution in [0.25, 0.3) is 0 Å². The van der Waals surface area contributed by atoms with Crippen molar-refractivity contribution < 1.29 is 13.2 Å². The molecule has 1 aromatic carbocycles. The van der Waals surface area contributed by atoms with E-state index < -0.39 is 10.0 Å². The molecule has 1 atom stereocenters. The number of benzene rings is 1. The first kappa shape index (κ1) is 20.2. The average Bonchev–Trinajstić information content (AvgIpc) is 3.08. The maximum atomic E-state index is 13.0. The SMILES string of the molecule is CCN(CC(=O)N1CCn2cccc2[C@H]1c1ccc(Cl)c(Cl)c1)S(C)(=O)=O. The van der Waals surface area contributed by atoms with E-state index in [9.17, 15) is 13.2 Å². The van der Waals surface area contributed by atoms with Crippen LogP contribution in [0.3, 0.4) is 0 Å². The third kappa shape index (κ3) is 4.16. The zero-order chi connectivity index (χ0) is 19.8. The van der Waals surface area contributed by atoms with Gasteiger partial charge < -0.3 is 9.47 Å². The highest BCUT2D eigenvalue weighted by Crippen LogP contribution is 2.35. The van der Waals surface area contributed by atoms with Crippen molar-refractivity contribution in [1.82, 2.24) is 13.8 Å². The van der Waals surface area contributed by atoms with Gasteiger partial charge in [-0.2, -0.15) is 4.31 Å². The summed E-state index contributed by atoms with van der Waals surface area (Å²) in [6.45, 7) is 2.90. The van der Waals surface area contributed by atoms with Gasteiger partial charge in [0.15, 0.2) is 0 Å². The van der Waals surface area contributed by atoms with E-state index in [0.29, 0.717) is 23.1 Å². The molecule has 0 unspecified atom stereocenters. The lowest BCUT2D eigenvalue weighted by Crippen LogP contribution is -2.47. The van der Waals surface area contributed by atoms with Crippen LogP contribution in [0.15, 0.2) is 36.5 Å². The standard InChI is InChI=1S/C18H21Cl2N3O3S/c1-3-22(27(2,25)26)12-17(24)23-10-9-21-8-4-5-16(21)18(23)13-6-7-14(19)15(20)11-13/h4-8,11,18H,3,9-10,12H2,1-2H3/t18-/m1/s1. The average molecular weight is 430 g/mol. The molecular weight excluding hydrogens is 409 g/mol. The van der Waals surface area contributed by atoms with Gasteiger partial charge in [-0.3, -0.25) is 4.79 Å². The number of amides is 1. The minimum atomic E-state index is -3.45. The van der Waals surface area contributed by atoms with E-state index in [-0.39, 0.29) is 25.0 Å². The van der Waals surface area contributed by atoms with Crippen LogP contribution in [0.1, 0.15) is 24.2 Å². The Morgan fingerprint density at radius 1 is 1.22 bits per heavy atom. The molecule has 2 heterocycles. The van der Waals surface area contributed by atoms with Gasteiger partial charge >= 0.3 is 0 Å². The number of hydrogen-bond donors (Lipinski definition) is 0.